The Labute approximate surface area is 160 Å². The molecule has 1 heterocycles. The number of hydrogen-bond acceptors (Lipinski definition) is 4. The van der Waals surface area contributed by atoms with E-state index in [0.717, 1.165) is 5.69 Å². The molecule has 1 aromatic rings. The van der Waals surface area contributed by atoms with Gasteiger partial charge < -0.3 is 19.4 Å². The van der Waals surface area contributed by atoms with E-state index >= 15 is 0 Å². The second-order valence-corrected chi connectivity index (χ2v) is 6.54. The van der Waals surface area contributed by atoms with Gasteiger partial charge in [-0.1, -0.05) is 18.2 Å². The van der Waals surface area contributed by atoms with E-state index in [4.69, 9.17) is 4.74 Å². The zero-order valence-electron chi connectivity index (χ0n) is 16.4. The van der Waals surface area contributed by atoms with Crippen LogP contribution < -0.4 is 4.90 Å². The molecule has 1 fully saturated rings. The van der Waals surface area contributed by atoms with Crippen LogP contribution in [-0.2, 0) is 14.3 Å². The van der Waals surface area contributed by atoms with Gasteiger partial charge in [-0.05, 0) is 38.8 Å². The largest absolute Gasteiger partial charge is 0.450 e. The summed E-state index contributed by atoms with van der Waals surface area (Å²) in [5.74, 6) is -0.228. The van der Waals surface area contributed by atoms with Crippen LogP contribution in [0.2, 0.25) is 0 Å². The molecule has 2 rings (SSSR count). The number of carbonyl (C=O) groups excluding carboxylic acids is 3. The van der Waals surface area contributed by atoms with E-state index < -0.39 is 0 Å². The summed E-state index contributed by atoms with van der Waals surface area (Å²) in [6, 6.07) is 9.40. The molecule has 1 aliphatic heterocycles. The molecule has 0 atom stereocenters. The van der Waals surface area contributed by atoms with Gasteiger partial charge in [-0.3, -0.25) is 9.59 Å². The van der Waals surface area contributed by atoms with Crippen molar-refractivity contribution in [2.75, 3.05) is 37.7 Å². The maximum Gasteiger partial charge on any atom is 0.409 e. The van der Waals surface area contributed by atoms with Gasteiger partial charge in [0.1, 0.15) is 6.54 Å². The van der Waals surface area contributed by atoms with Crippen LogP contribution in [0.4, 0.5) is 10.5 Å². The number of carbonyl (C=O) groups is 3. The van der Waals surface area contributed by atoms with Gasteiger partial charge in [-0.25, -0.2) is 4.79 Å². The number of para-hydroxylation sites is 1. The van der Waals surface area contributed by atoms with Crippen LogP contribution in [0.15, 0.2) is 30.3 Å². The quantitative estimate of drug-likeness (QED) is 0.766. The first-order chi connectivity index (χ1) is 13.0. The Kier molecular flexibility index (Phi) is 7.64. The third-order valence-corrected chi connectivity index (χ3v) is 4.83. The predicted octanol–water partition coefficient (Wildman–Crippen LogP) is 2.51. The van der Waals surface area contributed by atoms with E-state index in [-0.39, 0.29) is 30.5 Å². The van der Waals surface area contributed by atoms with Crippen LogP contribution in [0.1, 0.15) is 33.6 Å². The van der Waals surface area contributed by atoms with Gasteiger partial charge in [0.2, 0.25) is 11.8 Å². The van der Waals surface area contributed by atoms with Crippen molar-refractivity contribution in [2.45, 2.75) is 39.7 Å². The molecule has 148 valence electrons. The van der Waals surface area contributed by atoms with Crippen molar-refractivity contribution in [3.63, 3.8) is 0 Å². The smallest absolute Gasteiger partial charge is 0.409 e. The molecule has 0 aliphatic carbocycles. The van der Waals surface area contributed by atoms with Crippen molar-refractivity contribution in [1.82, 2.24) is 9.80 Å². The van der Waals surface area contributed by atoms with Crippen LogP contribution in [0, 0.1) is 0 Å². The van der Waals surface area contributed by atoms with Crippen LogP contribution in [0.25, 0.3) is 0 Å². The number of likely N-dealkylation sites (tertiary alicyclic amines) is 1. The summed E-state index contributed by atoms with van der Waals surface area (Å²) in [5.41, 5.74) is 0.825. The molecule has 7 heteroatoms. The third kappa shape index (κ3) is 5.45. The molecular formula is C20H29N3O4. The normalized spacial score (nSPS) is 14.6. The summed E-state index contributed by atoms with van der Waals surface area (Å²) in [4.78, 5) is 41.8. The minimum absolute atomic E-state index is 0.0438. The lowest BCUT2D eigenvalue weighted by molar-refractivity contribution is -0.136. The van der Waals surface area contributed by atoms with Gasteiger partial charge >= 0.3 is 6.09 Å². The molecule has 1 saturated heterocycles. The van der Waals surface area contributed by atoms with Crippen LogP contribution in [0.3, 0.4) is 0 Å². The number of piperidine rings is 1. The highest BCUT2D eigenvalue weighted by Gasteiger charge is 2.31. The number of anilines is 1. The van der Waals surface area contributed by atoms with Gasteiger partial charge in [0.05, 0.1) is 6.61 Å². The van der Waals surface area contributed by atoms with Crippen molar-refractivity contribution < 1.29 is 19.1 Å². The summed E-state index contributed by atoms with van der Waals surface area (Å²) in [6.45, 7) is 7.16. The van der Waals surface area contributed by atoms with Gasteiger partial charge in [0.25, 0.3) is 0 Å². The first-order valence-electron chi connectivity index (χ1n) is 9.52. The molecule has 1 aliphatic rings. The Bertz CT molecular complexity index is 642. The van der Waals surface area contributed by atoms with E-state index in [9.17, 15) is 14.4 Å². The van der Waals surface area contributed by atoms with Gasteiger partial charge in [-0.2, -0.15) is 0 Å². The summed E-state index contributed by atoms with van der Waals surface area (Å²) in [6.07, 6.45) is 0.967. The highest BCUT2D eigenvalue weighted by Crippen LogP contribution is 2.19. The maximum atomic E-state index is 12.8. The Morgan fingerprint density at radius 2 is 1.74 bits per heavy atom. The molecule has 0 radical (unpaired) electrons. The lowest BCUT2D eigenvalue weighted by atomic mass is 10.0. The number of benzene rings is 1. The molecule has 0 spiro atoms. The van der Waals surface area contributed by atoms with E-state index in [2.05, 4.69) is 0 Å². The van der Waals surface area contributed by atoms with Crippen molar-refractivity contribution in [3.05, 3.63) is 30.3 Å². The average molecular weight is 375 g/mol. The topological polar surface area (TPSA) is 70.2 Å². The van der Waals surface area contributed by atoms with Gasteiger partial charge in [0, 0.05) is 38.3 Å². The monoisotopic (exact) mass is 375 g/mol. The highest BCUT2D eigenvalue weighted by atomic mass is 16.6. The minimum atomic E-state index is -0.317. The number of ether oxygens (including phenoxy) is 1. The second kappa shape index (κ2) is 9.94. The zero-order chi connectivity index (χ0) is 19.8. The number of hydrogen-bond donors (Lipinski definition) is 0. The van der Waals surface area contributed by atoms with Gasteiger partial charge in [-0.15, -0.1) is 0 Å². The maximum absolute atomic E-state index is 12.8. The first kappa shape index (κ1) is 20.7. The average Bonchev–Trinajstić information content (AvgIpc) is 2.67. The van der Waals surface area contributed by atoms with Crippen molar-refractivity contribution in [2.24, 2.45) is 0 Å². The number of amides is 3. The van der Waals surface area contributed by atoms with Gasteiger partial charge in [0.15, 0.2) is 0 Å². The lowest BCUT2D eigenvalue weighted by Crippen LogP contribution is -2.51. The Morgan fingerprint density at radius 1 is 1.11 bits per heavy atom. The summed E-state index contributed by atoms with van der Waals surface area (Å²) < 4.78 is 5.03. The predicted molar refractivity (Wildman–Crippen MR) is 103 cm³/mol. The zero-order valence-corrected chi connectivity index (χ0v) is 16.4. The third-order valence-electron chi connectivity index (χ3n) is 4.83. The van der Waals surface area contributed by atoms with Crippen molar-refractivity contribution >= 4 is 23.6 Å². The van der Waals surface area contributed by atoms with E-state index in [1.165, 1.54) is 6.92 Å². The number of likely N-dealkylation sites (N-methyl/N-ethyl adjacent to an activating group) is 1. The summed E-state index contributed by atoms with van der Waals surface area (Å²) in [5, 5.41) is 0. The molecule has 27 heavy (non-hydrogen) atoms. The van der Waals surface area contributed by atoms with E-state index in [0.29, 0.717) is 39.1 Å². The van der Waals surface area contributed by atoms with Crippen molar-refractivity contribution in [3.8, 4) is 0 Å². The van der Waals surface area contributed by atoms with E-state index in [1.807, 2.05) is 37.3 Å². The lowest BCUT2D eigenvalue weighted by Gasteiger charge is -2.38. The molecular weight excluding hydrogens is 346 g/mol. The van der Waals surface area contributed by atoms with Crippen LogP contribution in [-0.4, -0.2) is 66.5 Å². The fourth-order valence-electron chi connectivity index (χ4n) is 3.41. The molecule has 0 unspecified atom stereocenters. The minimum Gasteiger partial charge on any atom is -0.450 e. The first-order valence-corrected chi connectivity index (χ1v) is 9.52. The Hall–Kier alpha value is -2.57. The molecule has 0 N–H and O–H groups in total. The fourth-order valence-corrected chi connectivity index (χ4v) is 3.41. The molecule has 3 amide bonds. The summed E-state index contributed by atoms with van der Waals surface area (Å²) >= 11 is 0. The molecule has 7 nitrogen and oxygen atoms in total. The summed E-state index contributed by atoms with van der Waals surface area (Å²) in [7, 11) is 0. The number of rotatable bonds is 6. The van der Waals surface area contributed by atoms with Crippen LogP contribution in [0.5, 0.6) is 0 Å². The second-order valence-electron chi connectivity index (χ2n) is 6.54. The van der Waals surface area contributed by atoms with E-state index in [1.54, 1.807) is 21.6 Å². The number of nitrogens with zero attached hydrogens (tertiary/aromatic N) is 3. The SMILES string of the molecule is CCOC(=O)N1CCC(N(CC(=O)N(CC)c2ccccc2)C(C)=O)CC1. The highest BCUT2D eigenvalue weighted by molar-refractivity contribution is 5.96. The van der Waals surface area contributed by atoms with Crippen LogP contribution >= 0.6 is 0 Å². The molecule has 0 aromatic heterocycles. The Morgan fingerprint density at radius 3 is 2.26 bits per heavy atom. The standard InChI is InChI=1S/C20H29N3O4/c1-4-22(17-9-7-6-8-10-17)19(25)15-23(16(3)24)18-11-13-21(14-12-18)20(26)27-5-2/h6-10,18H,4-5,11-15H2,1-3H3. The Balaban J connectivity index is 2.00. The van der Waals surface area contributed by atoms with Crippen molar-refractivity contribution in [1.29, 1.82) is 0 Å². The molecule has 1 aromatic carbocycles. The molecule has 0 saturated carbocycles. The fraction of sp³-hybridized carbons (Fsp3) is 0.550. The molecule has 0 bridgehead atoms.